The Bertz CT molecular complexity index is 1440. The molecule has 35 heavy (non-hydrogen) atoms. The summed E-state index contributed by atoms with van der Waals surface area (Å²) in [5, 5.41) is 2.40. The van der Waals surface area contributed by atoms with Crippen molar-refractivity contribution < 1.29 is 23.1 Å². The summed E-state index contributed by atoms with van der Waals surface area (Å²) in [6.07, 6.45) is 1.68. The van der Waals surface area contributed by atoms with E-state index in [1.165, 1.54) is 36.4 Å². The molecule has 0 unspecified atom stereocenters. The first-order valence-corrected chi connectivity index (χ1v) is 11.0. The lowest BCUT2D eigenvalue weighted by atomic mass is 10.0. The minimum absolute atomic E-state index is 0.0327. The summed E-state index contributed by atoms with van der Waals surface area (Å²) in [5.74, 6) is -2.04. The number of hydrogen-bond donors (Lipinski definition) is 1. The van der Waals surface area contributed by atoms with E-state index in [1.54, 1.807) is 24.4 Å². The monoisotopic (exact) mass is 474 g/mol. The summed E-state index contributed by atoms with van der Waals surface area (Å²) in [7, 11) is 0. The zero-order valence-corrected chi connectivity index (χ0v) is 18.5. The molecule has 176 valence electrons. The largest absolute Gasteiger partial charge is 0.378 e. The van der Waals surface area contributed by atoms with E-state index in [0.717, 1.165) is 6.07 Å². The van der Waals surface area contributed by atoms with Gasteiger partial charge < -0.3 is 15.0 Å². The molecular weight excluding hydrogens is 454 g/mol. The number of hydrogen-bond acceptors (Lipinski definition) is 6. The number of halogens is 2. The third-order valence-corrected chi connectivity index (χ3v) is 5.71. The van der Waals surface area contributed by atoms with Crippen LogP contribution in [0, 0.1) is 11.6 Å². The summed E-state index contributed by atoms with van der Waals surface area (Å²) in [5.41, 5.74) is 0.994. The molecule has 5 rings (SSSR count). The molecular formula is C26H20F2N4O3. The van der Waals surface area contributed by atoms with Gasteiger partial charge in [0.2, 0.25) is 0 Å². The highest BCUT2D eigenvalue weighted by Crippen LogP contribution is 2.24. The fraction of sp³-hybridized carbons (Fsp3) is 0.154. The number of aromatic nitrogens is 2. The Balaban J connectivity index is 1.42. The van der Waals surface area contributed by atoms with Crippen LogP contribution in [0.4, 0.5) is 20.3 Å². The standard InChI is InChI=1S/C26H20F2N4O3/c27-18-4-1-3-17(13-18)26(34)31-21-6-2-5-19(24(21)28)25(33)16-7-8-20-22(14-16)30-23(15-29-20)32-9-11-35-12-10-32/h1-8,13-15H,9-12H2,(H,31,34). The lowest BCUT2D eigenvalue weighted by molar-refractivity contribution is 0.101. The van der Waals surface area contributed by atoms with Gasteiger partial charge in [-0.3, -0.25) is 14.6 Å². The predicted molar refractivity (Wildman–Crippen MR) is 127 cm³/mol. The van der Waals surface area contributed by atoms with E-state index in [0.29, 0.717) is 43.2 Å². The van der Waals surface area contributed by atoms with Gasteiger partial charge in [0.1, 0.15) is 11.6 Å². The van der Waals surface area contributed by atoms with E-state index >= 15 is 4.39 Å². The molecule has 1 fully saturated rings. The van der Waals surface area contributed by atoms with Crippen molar-refractivity contribution in [1.82, 2.24) is 9.97 Å². The van der Waals surface area contributed by atoms with Gasteiger partial charge in [0.05, 0.1) is 41.7 Å². The van der Waals surface area contributed by atoms with Crippen LogP contribution in [-0.4, -0.2) is 48.0 Å². The Morgan fingerprint density at radius 1 is 0.914 bits per heavy atom. The number of anilines is 2. The Kier molecular flexibility index (Phi) is 6.15. The number of nitrogens with one attached hydrogen (secondary N) is 1. The van der Waals surface area contributed by atoms with Gasteiger partial charge in [-0.05, 0) is 48.5 Å². The first-order valence-electron chi connectivity index (χ1n) is 11.0. The molecule has 0 bridgehead atoms. The SMILES string of the molecule is O=C(Nc1cccc(C(=O)c2ccc3ncc(N4CCOCC4)nc3c2)c1F)c1cccc(F)c1. The van der Waals surface area contributed by atoms with Crippen molar-refractivity contribution in [2.45, 2.75) is 0 Å². The highest BCUT2D eigenvalue weighted by atomic mass is 19.1. The summed E-state index contributed by atoms with van der Waals surface area (Å²) in [4.78, 5) is 36.7. The zero-order valence-electron chi connectivity index (χ0n) is 18.5. The van der Waals surface area contributed by atoms with Crippen molar-refractivity contribution in [3.63, 3.8) is 0 Å². The molecule has 1 aliphatic rings. The van der Waals surface area contributed by atoms with Gasteiger partial charge in [0.25, 0.3) is 5.91 Å². The molecule has 0 spiro atoms. The number of rotatable bonds is 5. The number of benzene rings is 3. The topological polar surface area (TPSA) is 84.4 Å². The molecule has 0 saturated carbocycles. The van der Waals surface area contributed by atoms with Crippen LogP contribution in [0.3, 0.4) is 0 Å². The Morgan fingerprint density at radius 3 is 2.51 bits per heavy atom. The fourth-order valence-corrected chi connectivity index (χ4v) is 3.87. The molecule has 0 aliphatic carbocycles. The third-order valence-electron chi connectivity index (χ3n) is 5.71. The molecule has 0 atom stereocenters. The van der Waals surface area contributed by atoms with E-state index in [2.05, 4.69) is 20.2 Å². The second-order valence-corrected chi connectivity index (χ2v) is 7.99. The Morgan fingerprint density at radius 2 is 1.71 bits per heavy atom. The molecule has 0 radical (unpaired) electrons. The number of nitrogens with zero attached hydrogens (tertiary/aromatic N) is 3. The van der Waals surface area contributed by atoms with E-state index in [-0.39, 0.29) is 22.4 Å². The van der Waals surface area contributed by atoms with Crippen LogP contribution in [0.2, 0.25) is 0 Å². The van der Waals surface area contributed by atoms with Crippen LogP contribution >= 0.6 is 0 Å². The summed E-state index contributed by atoms with van der Waals surface area (Å²) >= 11 is 0. The summed E-state index contributed by atoms with van der Waals surface area (Å²) in [6.45, 7) is 2.59. The molecule has 7 nitrogen and oxygen atoms in total. The first kappa shape index (κ1) is 22.5. The number of ether oxygens (including phenoxy) is 1. The lowest BCUT2D eigenvalue weighted by Gasteiger charge is -2.27. The summed E-state index contributed by atoms with van der Waals surface area (Å²) < 4.78 is 34.0. The number of morpholine rings is 1. The number of carbonyl (C=O) groups is 2. The molecule has 1 N–H and O–H groups in total. The molecule has 1 aliphatic heterocycles. The van der Waals surface area contributed by atoms with Crippen molar-refractivity contribution in [2.24, 2.45) is 0 Å². The van der Waals surface area contributed by atoms with Gasteiger partial charge >= 0.3 is 0 Å². The average Bonchev–Trinajstić information content (AvgIpc) is 2.89. The van der Waals surface area contributed by atoms with Crippen LogP contribution < -0.4 is 10.2 Å². The van der Waals surface area contributed by atoms with Crippen molar-refractivity contribution >= 4 is 34.2 Å². The van der Waals surface area contributed by atoms with Crippen LogP contribution in [0.25, 0.3) is 11.0 Å². The third kappa shape index (κ3) is 4.71. The maximum atomic E-state index is 15.2. The van der Waals surface area contributed by atoms with E-state index in [4.69, 9.17) is 4.74 Å². The van der Waals surface area contributed by atoms with Gasteiger partial charge in [-0.1, -0.05) is 12.1 Å². The molecule has 1 aromatic heterocycles. The molecule has 9 heteroatoms. The van der Waals surface area contributed by atoms with Gasteiger partial charge in [-0.15, -0.1) is 0 Å². The van der Waals surface area contributed by atoms with Gasteiger partial charge in [-0.25, -0.2) is 13.8 Å². The maximum absolute atomic E-state index is 15.2. The molecule has 2 heterocycles. The van der Waals surface area contributed by atoms with Crippen LogP contribution in [0.15, 0.2) is 66.9 Å². The highest BCUT2D eigenvalue weighted by Gasteiger charge is 2.20. The average molecular weight is 474 g/mol. The lowest BCUT2D eigenvalue weighted by Crippen LogP contribution is -2.36. The zero-order chi connectivity index (χ0) is 24.4. The number of carbonyl (C=O) groups excluding carboxylic acids is 2. The predicted octanol–water partition coefficient (Wildman–Crippen LogP) is 4.23. The Labute approximate surface area is 199 Å². The molecule has 1 amide bonds. The van der Waals surface area contributed by atoms with Crippen molar-refractivity contribution in [2.75, 3.05) is 36.5 Å². The fourth-order valence-electron chi connectivity index (χ4n) is 3.87. The van der Waals surface area contributed by atoms with Crippen molar-refractivity contribution in [3.8, 4) is 0 Å². The van der Waals surface area contributed by atoms with Crippen LogP contribution in [-0.2, 0) is 4.74 Å². The molecule has 4 aromatic rings. The summed E-state index contributed by atoms with van der Waals surface area (Å²) in [6, 6.07) is 14.0. The Hall–Kier alpha value is -4.24. The number of amides is 1. The van der Waals surface area contributed by atoms with Gasteiger partial charge in [0.15, 0.2) is 11.6 Å². The van der Waals surface area contributed by atoms with Gasteiger partial charge in [0, 0.05) is 24.2 Å². The van der Waals surface area contributed by atoms with Crippen LogP contribution in [0.1, 0.15) is 26.3 Å². The minimum atomic E-state index is -0.879. The van der Waals surface area contributed by atoms with Crippen molar-refractivity contribution in [3.05, 3.63) is 95.2 Å². The van der Waals surface area contributed by atoms with Crippen LogP contribution in [0.5, 0.6) is 0 Å². The van der Waals surface area contributed by atoms with E-state index in [9.17, 15) is 14.0 Å². The quantitative estimate of drug-likeness (QED) is 0.436. The highest BCUT2D eigenvalue weighted by molar-refractivity contribution is 6.11. The van der Waals surface area contributed by atoms with E-state index in [1.807, 2.05) is 0 Å². The second-order valence-electron chi connectivity index (χ2n) is 7.99. The van der Waals surface area contributed by atoms with Crippen molar-refractivity contribution in [1.29, 1.82) is 0 Å². The molecule has 1 saturated heterocycles. The van der Waals surface area contributed by atoms with Gasteiger partial charge in [-0.2, -0.15) is 0 Å². The normalized spacial score (nSPS) is 13.6. The minimum Gasteiger partial charge on any atom is -0.378 e. The smallest absolute Gasteiger partial charge is 0.255 e. The van der Waals surface area contributed by atoms with E-state index < -0.39 is 23.3 Å². The second kappa shape index (κ2) is 9.55. The number of fused-ring (bicyclic) bond motifs is 1. The first-order chi connectivity index (χ1) is 17.0. The number of ketones is 1. The molecule has 3 aromatic carbocycles. The maximum Gasteiger partial charge on any atom is 0.255 e.